The number of sulfone groups is 1. The normalized spacial score (nSPS) is 16.0. The molecular formula is C25H25N3O5S. The molecule has 1 atom stereocenters. The molecule has 4 rings (SSSR count). The van der Waals surface area contributed by atoms with E-state index in [9.17, 15) is 18.0 Å². The van der Waals surface area contributed by atoms with Gasteiger partial charge in [-0.1, -0.05) is 36.4 Å². The minimum absolute atomic E-state index is 0.125. The standard InChI is InChI=1S/C25H25N3O5S/c29-23(28-16-15-26-18-24(28)34(31,32)22-9-5-2-6-10-22)17-27-25(30)19-11-13-21(14-12-19)33-20-7-3-1-4-8-20/h1-14,24,26H,15-18H2,(H,27,30). The summed E-state index contributed by atoms with van der Waals surface area (Å²) in [7, 11) is -3.76. The first kappa shape index (κ1) is 23.5. The van der Waals surface area contributed by atoms with Crippen LogP contribution in [0.1, 0.15) is 10.4 Å². The molecule has 1 fully saturated rings. The van der Waals surface area contributed by atoms with Gasteiger partial charge in [0.1, 0.15) is 11.5 Å². The fourth-order valence-corrected chi connectivity index (χ4v) is 5.41. The molecule has 1 heterocycles. The van der Waals surface area contributed by atoms with Gasteiger partial charge in [-0.05, 0) is 48.5 Å². The van der Waals surface area contributed by atoms with E-state index in [1.54, 1.807) is 42.5 Å². The molecule has 2 amide bonds. The van der Waals surface area contributed by atoms with E-state index in [4.69, 9.17) is 4.74 Å². The van der Waals surface area contributed by atoms with Crippen LogP contribution in [0.4, 0.5) is 0 Å². The molecular weight excluding hydrogens is 454 g/mol. The fourth-order valence-electron chi connectivity index (χ4n) is 3.67. The Kier molecular flexibility index (Phi) is 7.24. The van der Waals surface area contributed by atoms with Gasteiger partial charge in [0.15, 0.2) is 5.37 Å². The third kappa shape index (κ3) is 5.44. The van der Waals surface area contributed by atoms with Crippen molar-refractivity contribution in [3.05, 3.63) is 90.5 Å². The lowest BCUT2D eigenvalue weighted by atomic mass is 10.2. The number of carbonyl (C=O) groups excluding carboxylic acids is 2. The summed E-state index contributed by atoms with van der Waals surface area (Å²) in [4.78, 5) is 26.9. The van der Waals surface area contributed by atoms with Crippen molar-refractivity contribution in [2.45, 2.75) is 10.3 Å². The summed E-state index contributed by atoms with van der Waals surface area (Å²) < 4.78 is 31.9. The van der Waals surface area contributed by atoms with Crippen LogP contribution in [0.2, 0.25) is 0 Å². The fraction of sp³-hybridized carbons (Fsp3) is 0.200. The highest BCUT2D eigenvalue weighted by atomic mass is 32.2. The summed E-state index contributed by atoms with van der Waals surface area (Å²) in [6.07, 6.45) is 0. The second-order valence-corrected chi connectivity index (χ2v) is 9.83. The molecule has 1 unspecified atom stereocenters. The second kappa shape index (κ2) is 10.5. The van der Waals surface area contributed by atoms with Gasteiger partial charge >= 0.3 is 0 Å². The Morgan fingerprint density at radius 3 is 2.21 bits per heavy atom. The Hall–Kier alpha value is -3.69. The van der Waals surface area contributed by atoms with Crippen LogP contribution in [-0.2, 0) is 14.6 Å². The number of nitrogens with zero attached hydrogens (tertiary/aromatic N) is 1. The van der Waals surface area contributed by atoms with E-state index < -0.39 is 27.0 Å². The molecule has 0 bridgehead atoms. The van der Waals surface area contributed by atoms with Crippen molar-refractivity contribution in [1.29, 1.82) is 0 Å². The maximum atomic E-state index is 13.1. The zero-order valence-electron chi connectivity index (χ0n) is 18.4. The smallest absolute Gasteiger partial charge is 0.251 e. The average Bonchev–Trinajstić information content (AvgIpc) is 2.88. The number of carbonyl (C=O) groups is 2. The summed E-state index contributed by atoms with van der Waals surface area (Å²) in [6, 6.07) is 23.9. The lowest BCUT2D eigenvalue weighted by Gasteiger charge is -2.35. The van der Waals surface area contributed by atoms with Crippen LogP contribution in [0.5, 0.6) is 11.5 Å². The van der Waals surface area contributed by atoms with Crippen molar-refractivity contribution in [2.75, 3.05) is 26.2 Å². The van der Waals surface area contributed by atoms with Crippen LogP contribution in [0, 0.1) is 0 Å². The van der Waals surface area contributed by atoms with Crippen LogP contribution < -0.4 is 15.4 Å². The van der Waals surface area contributed by atoms with Crippen LogP contribution in [-0.4, -0.2) is 56.7 Å². The molecule has 8 nitrogen and oxygen atoms in total. The number of ether oxygens (including phenoxy) is 1. The lowest BCUT2D eigenvalue weighted by molar-refractivity contribution is -0.131. The number of hydrogen-bond acceptors (Lipinski definition) is 6. The molecule has 3 aromatic rings. The molecule has 1 aliphatic heterocycles. The van der Waals surface area contributed by atoms with Gasteiger partial charge in [0, 0.05) is 25.2 Å². The molecule has 1 saturated heterocycles. The molecule has 176 valence electrons. The first-order valence-corrected chi connectivity index (χ1v) is 12.4. The van der Waals surface area contributed by atoms with Crippen molar-refractivity contribution in [3.63, 3.8) is 0 Å². The van der Waals surface area contributed by atoms with Gasteiger partial charge in [0.05, 0.1) is 11.4 Å². The van der Waals surface area contributed by atoms with Gasteiger partial charge in [0.2, 0.25) is 15.7 Å². The number of para-hydroxylation sites is 1. The van der Waals surface area contributed by atoms with Gasteiger partial charge in [-0.25, -0.2) is 8.42 Å². The Balaban J connectivity index is 1.37. The molecule has 2 N–H and O–H groups in total. The predicted octanol–water partition coefficient (Wildman–Crippen LogP) is 2.44. The zero-order chi connectivity index (χ0) is 24.0. The second-order valence-electron chi connectivity index (χ2n) is 7.73. The molecule has 9 heteroatoms. The van der Waals surface area contributed by atoms with E-state index in [0.717, 1.165) is 0 Å². The molecule has 0 radical (unpaired) electrons. The third-order valence-electron chi connectivity index (χ3n) is 5.44. The van der Waals surface area contributed by atoms with Crippen molar-refractivity contribution in [1.82, 2.24) is 15.5 Å². The minimum Gasteiger partial charge on any atom is -0.457 e. The highest BCUT2D eigenvalue weighted by Crippen LogP contribution is 2.22. The number of amides is 2. The number of benzene rings is 3. The molecule has 0 aliphatic carbocycles. The Morgan fingerprint density at radius 1 is 0.912 bits per heavy atom. The predicted molar refractivity (Wildman–Crippen MR) is 127 cm³/mol. The summed E-state index contributed by atoms with van der Waals surface area (Å²) in [6.45, 7) is 0.530. The Bertz CT molecular complexity index is 1230. The number of nitrogens with one attached hydrogen (secondary N) is 2. The highest BCUT2D eigenvalue weighted by Gasteiger charge is 2.37. The average molecular weight is 480 g/mol. The van der Waals surface area contributed by atoms with Crippen molar-refractivity contribution < 1.29 is 22.7 Å². The van der Waals surface area contributed by atoms with Crippen molar-refractivity contribution in [3.8, 4) is 11.5 Å². The molecule has 0 saturated carbocycles. The Morgan fingerprint density at radius 2 is 1.53 bits per heavy atom. The molecule has 0 spiro atoms. The van der Waals surface area contributed by atoms with Gasteiger partial charge in [-0.2, -0.15) is 0 Å². The van der Waals surface area contributed by atoms with Crippen LogP contribution >= 0.6 is 0 Å². The summed E-state index contributed by atoms with van der Waals surface area (Å²) >= 11 is 0. The maximum Gasteiger partial charge on any atom is 0.251 e. The zero-order valence-corrected chi connectivity index (χ0v) is 19.2. The monoisotopic (exact) mass is 479 g/mol. The van der Waals surface area contributed by atoms with Crippen LogP contribution in [0.25, 0.3) is 0 Å². The van der Waals surface area contributed by atoms with E-state index in [2.05, 4.69) is 10.6 Å². The summed E-state index contributed by atoms with van der Waals surface area (Å²) in [5, 5.41) is 4.59. The first-order valence-electron chi connectivity index (χ1n) is 10.9. The van der Waals surface area contributed by atoms with E-state index >= 15 is 0 Å². The largest absolute Gasteiger partial charge is 0.457 e. The van der Waals surface area contributed by atoms with Gasteiger partial charge < -0.3 is 20.3 Å². The topological polar surface area (TPSA) is 105 Å². The third-order valence-corrected chi connectivity index (χ3v) is 7.51. The quantitative estimate of drug-likeness (QED) is 0.539. The van der Waals surface area contributed by atoms with Crippen LogP contribution in [0.3, 0.4) is 0 Å². The van der Waals surface area contributed by atoms with Crippen LogP contribution in [0.15, 0.2) is 89.8 Å². The molecule has 34 heavy (non-hydrogen) atoms. The van der Waals surface area contributed by atoms with E-state index in [-0.39, 0.29) is 24.5 Å². The van der Waals surface area contributed by atoms with Gasteiger partial charge in [-0.3, -0.25) is 9.59 Å². The Labute approximate surface area is 198 Å². The van der Waals surface area contributed by atoms with E-state index in [1.807, 2.05) is 30.3 Å². The number of hydrogen-bond donors (Lipinski definition) is 2. The minimum atomic E-state index is -3.76. The first-order chi connectivity index (χ1) is 16.4. The lowest BCUT2D eigenvalue weighted by Crippen LogP contribution is -2.58. The SMILES string of the molecule is O=C(NCC(=O)N1CCNCC1S(=O)(=O)c1ccccc1)c1ccc(Oc2ccccc2)cc1. The molecule has 1 aliphatic rings. The van der Waals surface area contributed by atoms with E-state index in [0.29, 0.717) is 23.6 Å². The van der Waals surface area contributed by atoms with Crippen molar-refractivity contribution in [2.24, 2.45) is 0 Å². The van der Waals surface area contributed by atoms with Gasteiger partial charge in [-0.15, -0.1) is 0 Å². The maximum absolute atomic E-state index is 13.1. The molecule has 0 aromatic heterocycles. The van der Waals surface area contributed by atoms with Crippen molar-refractivity contribution >= 4 is 21.7 Å². The summed E-state index contributed by atoms with van der Waals surface area (Å²) in [5.41, 5.74) is 0.363. The number of rotatable bonds is 7. The van der Waals surface area contributed by atoms with E-state index in [1.165, 1.54) is 17.0 Å². The highest BCUT2D eigenvalue weighted by molar-refractivity contribution is 7.92. The number of piperazine rings is 1. The molecule has 3 aromatic carbocycles. The summed E-state index contributed by atoms with van der Waals surface area (Å²) in [5.74, 6) is 0.371. The van der Waals surface area contributed by atoms with Gasteiger partial charge in [0.25, 0.3) is 5.91 Å².